The predicted octanol–water partition coefficient (Wildman–Crippen LogP) is 3.16. The number of carboxylic acid groups (broad SMARTS) is 1. The Hall–Kier alpha value is -3.03. The second-order valence-corrected chi connectivity index (χ2v) is 4.78. The van der Waals surface area contributed by atoms with Crippen LogP contribution in [0, 0.1) is 17.5 Å². The molecule has 0 fully saturated rings. The molecule has 0 heterocycles. The fourth-order valence-electron chi connectivity index (χ4n) is 1.91. The molecule has 1 unspecified atom stereocenters. The standard InChI is InChI=1S/C16H12F3NO4/c17-11-6-10(7-12(18)13(11)19)14(15(21)22)20-16(23)24-8-9-4-2-1-3-5-9/h1-7,14H,8H2,(H,20,23)(H,21,22). The van der Waals surface area contributed by atoms with Gasteiger partial charge in [0.05, 0.1) is 0 Å². The molecule has 8 heteroatoms. The van der Waals surface area contributed by atoms with Gasteiger partial charge in [0.1, 0.15) is 6.61 Å². The van der Waals surface area contributed by atoms with E-state index in [1.165, 1.54) is 0 Å². The molecule has 5 nitrogen and oxygen atoms in total. The monoisotopic (exact) mass is 339 g/mol. The van der Waals surface area contributed by atoms with E-state index in [0.29, 0.717) is 17.7 Å². The van der Waals surface area contributed by atoms with Gasteiger partial charge in [-0.2, -0.15) is 0 Å². The largest absolute Gasteiger partial charge is 0.479 e. The van der Waals surface area contributed by atoms with Crippen LogP contribution in [-0.2, 0) is 16.1 Å². The van der Waals surface area contributed by atoms with Crippen molar-refractivity contribution in [1.29, 1.82) is 0 Å². The Morgan fingerprint density at radius 3 is 2.21 bits per heavy atom. The first kappa shape index (κ1) is 17.3. The number of carbonyl (C=O) groups is 2. The molecule has 2 aromatic carbocycles. The maximum atomic E-state index is 13.2. The van der Waals surface area contributed by atoms with E-state index in [1.807, 2.05) is 5.32 Å². The lowest BCUT2D eigenvalue weighted by Gasteiger charge is -2.15. The van der Waals surface area contributed by atoms with E-state index in [9.17, 15) is 22.8 Å². The molecule has 0 aliphatic carbocycles. The van der Waals surface area contributed by atoms with Gasteiger partial charge in [0.2, 0.25) is 0 Å². The first-order valence-corrected chi connectivity index (χ1v) is 6.73. The van der Waals surface area contributed by atoms with E-state index in [4.69, 9.17) is 9.84 Å². The molecule has 1 atom stereocenters. The third-order valence-corrected chi connectivity index (χ3v) is 3.06. The molecule has 0 saturated heterocycles. The summed E-state index contributed by atoms with van der Waals surface area (Å²) < 4.78 is 44.2. The minimum atomic E-state index is -1.79. The fraction of sp³-hybridized carbons (Fsp3) is 0.125. The van der Waals surface area contributed by atoms with E-state index in [0.717, 1.165) is 0 Å². The zero-order chi connectivity index (χ0) is 17.7. The number of halogens is 3. The quantitative estimate of drug-likeness (QED) is 0.821. The summed E-state index contributed by atoms with van der Waals surface area (Å²) >= 11 is 0. The summed E-state index contributed by atoms with van der Waals surface area (Å²) in [6.07, 6.45) is -1.10. The van der Waals surface area contributed by atoms with Crippen LogP contribution in [0.2, 0.25) is 0 Å². The Bertz CT molecular complexity index is 729. The fourth-order valence-corrected chi connectivity index (χ4v) is 1.91. The number of ether oxygens (including phenoxy) is 1. The molecule has 2 rings (SSSR count). The van der Waals surface area contributed by atoms with Crippen molar-refractivity contribution in [3.05, 3.63) is 71.0 Å². The third kappa shape index (κ3) is 4.25. The minimum absolute atomic E-state index is 0.120. The molecule has 0 spiro atoms. The van der Waals surface area contributed by atoms with Gasteiger partial charge in [-0.1, -0.05) is 30.3 Å². The molecule has 2 aromatic rings. The Morgan fingerprint density at radius 2 is 1.67 bits per heavy atom. The topological polar surface area (TPSA) is 75.6 Å². The van der Waals surface area contributed by atoms with Gasteiger partial charge >= 0.3 is 12.1 Å². The van der Waals surface area contributed by atoms with Crippen molar-refractivity contribution in [3.8, 4) is 0 Å². The number of benzene rings is 2. The van der Waals surface area contributed by atoms with Crippen molar-refractivity contribution in [2.45, 2.75) is 12.6 Å². The van der Waals surface area contributed by atoms with Gasteiger partial charge in [-0.3, -0.25) is 0 Å². The molecular weight excluding hydrogens is 327 g/mol. The van der Waals surface area contributed by atoms with Crippen molar-refractivity contribution < 1.29 is 32.6 Å². The van der Waals surface area contributed by atoms with Gasteiger partial charge in [-0.15, -0.1) is 0 Å². The Labute approximate surface area is 134 Å². The molecule has 0 bridgehead atoms. The van der Waals surface area contributed by atoms with Crippen LogP contribution in [-0.4, -0.2) is 17.2 Å². The van der Waals surface area contributed by atoms with Crippen LogP contribution in [0.5, 0.6) is 0 Å². The van der Waals surface area contributed by atoms with Crippen LogP contribution in [0.25, 0.3) is 0 Å². The van der Waals surface area contributed by atoms with Gasteiger partial charge in [0, 0.05) is 0 Å². The van der Waals surface area contributed by atoms with Crippen molar-refractivity contribution in [2.75, 3.05) is 0 Å². The molecule has 0 aliphatic heterocycles. The summed E-state index contributed by atoms with van der Waals surface area (Å²) in [5.74, 6) is -6.43. The van der Waals surface area contributed by atoms with Crippen LogP contribution in [0.3, 0.4) is 0 Å². The van der Waals surface area contributed by atoms with E-state index in [2.05, 4.69) is 0 Å². The molecule has 1 amide bonds. The van der Waals surface area contributed by atoms with Crippen LogP contribution in [0.15, 0.2) is 42.5 Å². The van der Waals surface area contributed by atoms with Gasteiger partial charge in [-0.05, 0) is 23.3 Å². The maximum Gasteiger partial charge on any atom is 0.408 e. The van der Waals surface area contributed by atoms with Gasteiger partial charge < -0.3 is 15.2 Å². The highest BCUT2D eigenvalue weighted by molar-refractivity contribution is 5.81. The lowest BCUT2D eigenvalue weighted by molar-refractivity contribution is -0.139. The van der Waals surface area contributed by atoms with Gasteiger partial charge in [-0.25, -0.2) is 22.8 Å². The lowest BCUT2D eigenvalue weighted by Crippen LogP contribution is -2.34. The van der Waals surface area contributed by atoms with Crippen molar-refractivity contribution in [2.24, 2.45) is 0 Å². The zero-order valence-electron chi connectivity index (χ0n) is 12.1. The van der Waals surface area contributed by atoms with Crippen LogP contribution in [0.1, 0.15) is 17.2 Å². The molecular formula is C16H12F3NO4. The number of nitrogens with one attached hydrogen (secondary N) is 1. The zero-order valence-corrected chi connectivity index (χ0v) is 12.1. The minimum Gasteiger partial charge on any atom is -0.479 e. The van der Waals surface area contributed by atoms with Crippen molar-refractivity contribution >= 4 is 12.1 Å². The number of rotatable bonds is 5. The highest BCUT2D eigenvalue weighted by Crippen LogP contribution is 2.20. The molecule has 0 radical (unpaired) electrons. The first-order chi connectivity index (χ1) is 11.4. The smallest absolute Gasteiger partial charge is 0.408 e. The number of carboxylic acids is 1. The lowest BCUT2D eigenvalue weighted by atomic mass is 10.1. The second-order valence-electron chi connectivity index (χ2n) is 4.78. The van der Waals surface area contributed by atoms with Crippen LogP contribution in [0.4, 0.5) is 18.0 Å². The SMILES string of the molecule is O=C(NC(C(=O)O)c1cc(F)c(F)c(F)c1)OCc1ccccc1. The van der Waals surface area contributed by atoms with Gasteiger partial charge in [0.15, 0.2) is 23.5 Å². The molecule has 0 aliphatic rings. The Balaban J connectivity index is 2.08. The summed E-state index contributed by atoms with van der Waals surface area (Å²) in [5.41, 5.74) is 0.203. The number of carbonyl (C=O) groups excluding carboxylic acids is 1. The summed E-state index contributed by atoms with van der Waals surface area (Å²) in [5, 5.41) is 11.1. The van der Waals surface area contributed by atoms with Crippen LogP contribution < -0.4 is 5.32 Å². The second kappa shape index (κ2) is 7.49. The van der Waals surface area contributed by atoms with E-state index >= 15 is 0 Å². The average Bonchev–Trinajstić information content (AvgIpc) is 2.56. The third-order valence-electron chi connectivity index (χ3n) is 3.06. The highest BCUT2D eigenvalue weighted by Gasteiger charge is 2.25. The molecule has 126 valence electrons. The van der Waals surface area contributed by atoms with Crippen molar-refractivity contribution in [3.63, 3.8) is 0 Å². The number of hydrogen-bond donors (Lipinski definition) is 2. The summed E-state index contributed by atoms with van der Waals surface area (Å²) in [4.78, 5) is 22.9. The number of alkyl carbamates (subject to hydrolysis) is 1. The Kier molecular flexibility index (Phi) is 5.41. The first-order valence-electron chi connectivity index (χ1n) is 6.73. The number of amides is 1. The van der Waals surface area contributed by atoms with Crippen LogP contribution >= 0.6 is 0 Å². The number of aliphatic carboxylic acids is 1. The summed E-state index contributed by atoms with van der Waals surface area (Å²) in [6, 6.07) is 7.78. The van der Waals surface area contributed by atoms with Crippen molar-refractivity contribution in [1.82, 2.24) is 5.32 Å². The number of hydrogen-bond acceptors (Lipinski definition) is 3. The van der Waals surface area contributed by atoms with E-state index in [1.54, 1.807) is 30.3 Å². The van der Waals surface area contributed by atoms with E-state index in [-0.39, 0.29) is 6.61 Å². The molecule has 2 N–H and O–H groups in total. The van der Waals surface area contributed by atoms with E-state index < -0.39 is 41.1 Å². The molecule has 24 heavy (non-hydrogen) atoms. The maximum absolute atomic E-state index is 13.2. The summed E-state index contributed by atoms with van der Waals surface area (Å²) in [6.45, 7) is -0.120. The summed E-state index contributed by atoms with van der Waals surface area (Å²) in [7, 11) is 0. The Morgan fingerprint density at radius 1 is 1.08 bits per heavy atom. The molecule has 0 aromatic heterocycles. The molecule has 0 saturated carbocycles. The average molecular weight is 339 g/mol. The predicted molar refractivity (Wildman–Crippen MR) is 76.5 cm³/mol. The normalized spacial score (nSPS) is 11.6. The van der Waals surface area contributed by atoms with Gasteiger partial charge in [0.25, 0.3) is 0 Å². The highest BCUT2D eigenvalue weighted by atomic mass is 19.2.